The molecule has 2 N–H and O–H groups in total. The van der Waals surface area contributed by atoms with Crippen LogP contribution in [0.25, 0.3) is 16.5 Å². The van der Waals surface area contributed by atoms with E-state index in [9.17, 15) is 9.59 Å². The third-order valence-electron chi connectivity index (χ3n) is 5.42. The molecule has 0 spiro atoms. The van der Waals surface area contributed by atoms with Gasteiger partial charge in [0.15, 0.2) is 5.78 Å². The van der Waals surface area contributed by atoms with Crippen LogP contribution in [0, 0.1) is 11.8 Å². The third kappa shape index (κ3) is 3.75. The summed E-state index contributed by atoms with van der Waals surface area (Å²) in [5.74, 6) is 5.90. The molecule has 0 saturated carbocycles. The number of fused-ring (bicyclic) bond motifs is 1. The molecule has 0 bridgehead atoms. The highest BCUT2D eigenvalue weighted by Crippen LogP contribution is 2.20. The van der Waals surface area contributed by atoms with E-state index in [2.05, 4.69) is 16.9 Å². The number of aromatic nitrogens is 3. The van der Waals surface area contributed by atoms with E-state index in [-0.39, 0.29) is 11.3 Å². The predicted octanol–water partition coefficient (Wildman–Crippen LogP) is 3.22. The van der Waals surface area contributed by atoms with Gasteiger partial charge in [0.1, 0.15) is 5.69 Å². The van der Waals surface area contributed by atoms with E-state index in [0.29, 0.717) is 28.6 Å². The molecule has 0 aliphatic carbocycles. The molecule has 0 saturated heterocycles. The van der Waals surface area contributed by atoms with Gasteiger partial charge in [-0.3, -0.25) is 18.8 Å². The highest BCUT2D eigenvalue weighted by atomic mass is 16.1. The molecule has 0 radical (unpaired) electrons. The number of nitrogens with zero attached hydrogens (tertiary/aromatic N) is 3. The second kappa shape index (κ2) is 8.66. The second-order valence-corrected chi connectivity index (χ2v) is 7.67. The summed E-state index contributed by atoms with van der Waals surface area (Å²) >= 11 is 0. The standard InChI is InChI=1S/C26H24N4O2/c1-4-21-15-19-10-8-9-18(23(19)26(32)30(21)22-11-6-5-7-12-22)13-14-20-16-28-29(3)24(20)25(31)17(2)27/h5-12,15-17H,4,27H2,1-3H3. The summed E-state index contributed by atoms with van der Waals surface area (Å²) in [6.07, 6.45) is 2.26. The number of nitrogens with two attached hydrogens (primary N) is 1. The summed E-state index contributed by atoms with van der Waals surface area (Å²) in [6, 6.07) is 16.6. The number of rotatable bonds is 4. The summed E-state index contributed by atoms with van der Waals surface area (Å²) in [6.45, 7) is 3.66. The lowest BCUT2D eigenvalue weighted by Gasteiger charge is -2.14. The van der Waals surface area contributed by atoms with Gasteiger partial charge >= 0.3 is 0 Å². The quantitative estimate of drug-likeness (QED) is 0.403. The van der Waals surface area contributed by atoms with Gasteiger partial charge in [-0.2, -0.15) is 5.10 Å². The van der Waals surface area contributed by atoms with Gasteiger partial charge in [0.25, 0.3) is 5.56 Å². The van der Waals surface area contributed by atoms with Crippen molar-refractivity contribution in [2.45, 2.75) is 26.3 Å². The topological polar surface area (TPSA) is 82.9 Å². The fourth-order valence-electron chi connectivity index (χ4n) is 3.81. The number of Topliss-reactive ketones (excluding diaryl/α,β-unsaturated/α-hetero) is 1. The van der Waals surface area contributed by atoms with Crippen molar-refractivity contribution in [3.05, 3.63) is 93.7 Å². The number of para-hydroxylation sites is 1. The SMILES string of the molecule is CCc1cc2cccc(C#Cc3cnn(C)c3C(=O)C(C)N)c2c(=O)n1-c1ccccc1. The Hall–Kier alpha value is -3.95. The van der Waals surface area contributed by atoms with Crippen LogP contribution in [-0.2, 0) is 13.5 Å². The fraction of sp³-hybridized carbons (Fsp3) is 0.192. The summed E-state index contributed by atoms with van der Waals surface area (Å²) in [5, 5.41) is 5.54. The van der Waals surface area contributed by atoms with Crippen molar-refractivity contribution in [1.82, 2.24) is 14.3 Å². The lowest BCUT2D eigenvalue weighted by molar-refractivity contribution is 0.0958. The van der Waals surface area contributed by atoms with Crippen molar-refractivity contribution in [3.63, 3.8) is 0 Å². The lowest BCUT2D eigenvalue weighted by Crippen LogP contribution is -2.29. The molecule has 0 amide bonds. The molecule has 6 heteroatoms. The normalized spacial score (nSPS) is 11.8. The van der Waals surface area contributed by atoms with Crippen LogP contribution in [0.1, 0.15) is 41.2 Å². The van der Waals surface area contributed by atoms with Crippen molar-refractivity contribution >= 4 is 16.6 Å². The minimum Gasteiger partial charge on any atom is -0.321 e. The minimum absolute atomic E-state index is 0.117. The first kappa shape index (κ1) is 21.3. The van der Waals surface area contributed by atoms with Gasteiger partial charge in [-0.25, -0.2) is 0 Å². The number of hydrogen-bond donors (Lipinski definition) is 1. The Morgan fingerprint density at radius 2 is 1.81 bits per heavy atom. The summed E-state index contributed by atoms with van der Waals surface area (Å²) in [5.41, 5.74) is 8.86. The van der Waals surface area contributed by atoms with E-state index in [1.165, 1.54) is 4.68 Å². The van der Waals surface area contributed by atoms with Gasteiger partial charge < -0.3 is 5.73 Å². The molecular weight excluding hydrogens is 400 g/mol. The molecule has 0 aliphatic rings. The summed E-state index contributed by atoms with van der Waals surface area (Å²) in [7, 11) is 1.68. The average Bonchev–Trinajstić information content (AvgIpc) is 3.17. The van der Waals surface area contributed by atoms with Crippen LogP contribution in [0.15, 0.2) is 65.6 Å². The van der Waals surface area contributed by atoms with Crippen molar-refractivity contribution in [2.75, 3.05) is 0 Å². The number of carbonyl (C=O) groups is 1. The largest absolute Gasteiger partial charge is 0.321 e. The molecule has 0 fully saturated rings. The highest BCUT2D eigenvalue weighted by molar-refractivity contribution is 6.00. The van der Waals surface area contributed by atoms with Crippen LogP contribution >= 0.6 is 0 Å². The van der Waals surface area contributed by atoms with Crippen molar-refractivity contribution < 1.29 is 4.79 Å². The van der Waals surface area contributed by atoms with E-state index < -0.39 is 6.04 Å². The Kier molecular flexibility index (Phi) is 5.76. The first-order valence-electron chi connectivity index (χ1n) is 10.5. The van der Waals surface area contributed by atoms with Gasteiger partial charge in [-0.1, -0.05) is 49.1 Å². The van der Waals surface area contributed by atoms with E-state index in [1.54, 1.807) is 24.7 Å². The van der Waals surface area contributed by atoms with Crippen LogP contribution in [-0.4, -0.2) is 26.2 Å². The van der Waals surface area contributed by atoms with E-state index in [4.69, 9.17) is 5.73 Å². The molecule has 2 aromatic heterocycles. The molecule has 1 unspecified atom stereocenters. The zero-order chi connectivity index (χ0) is 22.8. The van der Waals surface area contributed by atoms with Gasteiger partial charge in [0.2, 0.25) is 0 Å². The summed E-state index contributed by atoms with van der Waals surface area (Å²) < 4.78 is 3.22. The Labute approximate surface area is 186 Å². The number of benzene rings is 2. The van der Waals surface area contributed by atoms with Gasteiger partial charge in [0, 0.05) is 24.0 Å². The van der Waals surface area contributed by atoms with E-state index >= 15 is 0 Å². The third-order valence-corrected chi connectivity index (χ3v) is 5.42. The molecule has 2 heterocycles. The van der Waals surface area contributed by atoms with Gasteiger partial charge in [-0.05, 0) is 43.0 Å². The average molecular weight is 425 g/mol. The van der Waals surface area contributed by atoms with E-state index in [1.807, 2.05) is 61.5 Å². The Morgan fingerprint density at radius 3 is 2.50 bits per heavy atom. The second-order valence-electron chi connectivity index (χ2n) is 7.67. The van der Waals surface area contributed by atoms with Crippen LogP contribution in [0.4, 0.5) is 0 Å². The van der Waals surface area contributed by atoms with Gasteiger partial charge in [-0.15, -0.1) is 0 Å². The maximum Gasteiger partial charge on any atom is 0.264 e. The van der Waals surface area contributed by atoms with Crippen molar-refractivity contribution in [3.8, 4) is 17.5 Å². The number of aryl methyl sites for hydroxylation is 2. The minimum atomic E-state index is -0.658. The maximum atomic E-state index is 13.6. The molecule has 6 nitrogen and oxygen atoms in total. The van der Waals surface area contributed by atoms with Crippen molar-refractivity contribution in [2.24, 2.45) is 12.8 Å². The van der Waals surface area contributed by atoms with Gasteiger partial charge in [0.05, 0.1) is 23.2 Å². The number of carbonyl (C=O) groups excluding carboxylic acids is 1. The van der Waals surface area contributed by atoms with Crippen LogP contribution in [0.2, 0.25) is 0 Å². The first-order valence-corrected chi connectivity index (χ1v) is 10.5. The molecule has 2 aromatic carbocycles. The van der Waals surface area contributed by atoms with Crippen LogP contribution < -0.4 is 11.3 Å². The number of ketones is 1. The lowest BCUT2D eigenvalue weighted by atomic mass is 10.0. The molecule has 32 heavy (non-hydrogen) atoms. The first-order chi connectivity index (χ1) is 15.4. The molecule has 0 aliphatic heterocycles. The Bertz CT molecular complexity index is 1430. The van der Waals surface area contributed by atoms with Crippen LogP contribution in [0.3, 0.4) is 0 Å². The molecule has 160 valence electrons. The molecule has 4 rings (SSSR count). The number of pyridine rings is 1. The number of hydrogen-bond acceptors (Lipinski definition) is 4. The van der Waals surface area contributed by atoms with E-state index in [0.717, 1.165) is 16.8 Å². The van der Waals surface area contributed by atoms with Crippen LogP contribution in [0.5, 0.6) is 0 Å². The predicted molar refractivity (Wildman–Crippen MR) is 126 cm³/mol. The molecule has 4 aromatic rings. The smallest absolute Gasteiger partial charge is 0.264 e. The Balaban J connectivity index is 1.93. The highest BCUT2D eigenvalue weighted by Gasteiger charge is 2.19. The zero-order valence-electron chi connectivity index (χ0n) is 18.3. The zero-order valence-corrected chi connectivity index (χ0v) is 18.3. The monoisotopic (exact) mass is 424 g/mol. The summed E-state index contributed by atoms with van der Waals surface area (Å²) in [4.78, 5) is 26.1. The molecular formula is C26H24N4O2. The maximum absolute atomic E-state index is 13.6. The fourth-order valence-corrected chi connectivity index (χ4v) is 3.81. The molecule has 1 atom stereocenters. The van der Waals surface area contributed by atoms with Crippen molar-refractivity contribution in [1.29, 1.82) is 0 Å². The Morgan fingerprint density at radius 1 is 1.09 bits per heavy atom.